The molecule has 2 aromatic rings. The molecule has 11 heteroatoms. The Balaban J connectivity index is 2.39. The van der Waals surface area contributed by atoms with E-state index in [0.29, 0.717) is 5.69 Å². The van der Waals surface area contributed by atoms with Gasteiger partial charge >= 0.3 is 0 Å². The number of anilines is 3. The van der Waals surface area contributed by atoms with Crippen LogP contribution in [0, 0.1) is 4.91 Å². The second kappa shape index (κ2) is 5.20. The number of aromatic amines is 1. The molecule has 2 rings (SSSR count). The zero-order valence-corrected chi connectivity index (χ0v) is 11.2. The Hall–Kier alpha value is -2.95. The van der Waals surface area contributed by atoms with Crippen molar-refractivity contribution >= 4 is 33.2 Å². The van der Waals surface area contributed by atoms with Crippen LogP contribution in [0.1, 0.15) is 0 Å². The van der Waals surface area contributed by atoms with Crippen LogP contribution in [0.15, 0.2) is 39.1 Å². The number of nitrogens with two attached hydrogens (primary N) is 2. The van der Waals surface area contributed by atoms with Crippen LogP contribution in [0.5, 0.6) is 0 Å². The Kier molecular flexibility index (Phi) is 3.58. The molecule has 110 valence electrons. The largest absolute Gasteiger partial charge is 0.399 e. The van der Waals surface area contributed by atoms with E-state index < -0.39 is 33.0 Å². The summed E-state index contributed by atoms with van der Waals surface area (Å²) in [5, 5.41) is 2.40. The van der Waals surface area contributed by atoms with Crippen LogP contribution in [-0.4, -0.2) is 18.4 Å². The lowest BCUT2D eigenvalue weighted by atomic mass is 10.3. The number of nitroso groups, excluding NO2 is 1. The fourth-order valence-corrected chi connectivity index (χ4v) is 2.42. The quantitative estimate of drug-likeness (QED) is 0.458. The molecule has 0 atom stereocenters. The first-order valence-corrected chi connectivity index (χ1v) is 6.93. The second-order valence-corrected chi connectivity index (χ2v) is 5.60. The molecule has 0 bridgehead atoms. The van der Waals surface area contributed by atoms with Crippen LogP contribution in [0.3, 0.4) is 0 Å². The average molecular weight is 310 g/mol. The van der Waals surface area contributed by atoms with E-state index in [9.17, 15) is 18.1 Å². The highest BCUT2D eigenvalue weighted by Gasteiger charge is 2.17. The summed E-state index contributed by atoms with van der Waals surface area (Å²) in [4.78, 5) is 27.3. The highest BCUT2D eigenvalue weighted by atomic mass is 32.2. The number of benzene rings is 1. The number of sulfonamides is 1. The monoisotopic (exact) mass is 310 g/mol. The minimum absolute atomic E-state index is 0.0875. The third-order valence-corrected chi connectivity index (χ3v) is 3.79. The Bertz CT molecular complexity index is 843. The molecule has 1 aromatic carbocycles. The third kappa shape index (κ3) is 2.97. The van der Waals surface area contributed by atoms with Gasteiger partial charge in [-0.25, -0.2) is 13.1 Å². The molecular formula is C10H10N6O4S. The predicted octanol–water partition coefficient (Wildman–Crippen LogP) is 0.133. The van der Waals surface area contributed by atoms with Crippen molar-refractivity contribution in [3.05, 3.63) is 39.5 Å². The molecule has 0 unspecified atom stereocenters. The van der Waals surface area contributed by atoms with Crippen LogP contribution in [0.25, 0.3) is 0 Å². The van der Waals surface area contributed by atoms with E-state index in [2.05, 4.69) is 10.2 Å². The minimum atomic E-state index is -3.99. The van der Waals surface area contributed by atoms with Crippen molar-refractivity contribution in [3.8, 4) is 0 Å². The third-order valence-electron chi connectivity index (χ3n) is 2.43. The lowest BCUT2D eigenvalue weighted by Gasteiger charge is -2.08. The number of aromatic nitrogens is 2. The van der Waals surface area contributed by atoms with Gasteiger partial charge in [0.05, 0.1) is 4.90 Å². The summed E-state index contributed by atoms with van der Waals surface area (Å²) < 4.78 is 26.1. The first-order chi connectivity index (χ1) is 9.83. The van der Waals surface area contributed by atoms with Crippen molar-refractivity contribution in [1.82, 2.24) is 9.97 Å². The SMILES string of the molecule is Nc1ccc(S(=O)(=O)Nc2nc(N)c(N=O)c(=O)[nH]2)cc1. The molecule has 21 heavy (non-hydrogen) atoms. The van der Waals surface area contributed by atoms with Crippen molar-refractivity contribution < 1.29 is 8.42 Å². The molecule has 1 aromatic heterocycles. The molecule has 0 aliphatic rings. The maximum absolute atomic E-state index is 12.0. The lowest BCUT2D eigenvalue weighted by Crippen LogP contribution is -2.19. The number of nitrogens with one attached hydrogen (secondary N) is 2. The molecule has 0 spiro atoms. The Labute approximate surface area is 118 Å². The minimum Gasteiger partial charge on any atom is -0.399 e. The fraction of sp³-hybridized carbons (Fsp3) is 0. The first kappa shape index (κ1) is 14.5. The number of nitrogens with zero attached hydrogens (tertiary/aromatic N) is 2. The Morgan fingerprint density at radius 3 is 2.33 bits per heavy atom. The van der Waals surface area contributed by atoms with Gasteiger partial charge in [0.25, 0.3) is 15.6 Å². The molecule has 0 aliphatic carbocycles. The zero-order chi connectivity index (χ0) is 15.6. The van der Waals surface area contributed by atoms with Crippen LogP contribution in [-0.2, 0) is 10.0 Å². The van der Waals surface area contributed by atoms with Gasteiger partial charge in [-0.15, -0.1) is 4.91 Å². The second-order valence-electron chi connectivity index (χ2n) is 3.91. The molecule has 6 N–H and O–H groups in total. The molecule has 0 radical (unpaired) electrons. The summed E-state index contributed by atoms with van der Waals surface area (Å²) in [6.07, 6.45) is 0. The first-order valence-electron chi connectivity index (χ1n) is 5.45. The predicted molar refractivity (Wildman–Crippen MR) is 76.4 cm³/mol. The highest BCUT2D eigenvalue weighted by Crippen LogP contribution is 2.17. The van der Waals surface area contributed by atoms with Gasteiger partial charge in [-0.1, -0.05) is 0 Å². The molecule has 0 aliphatic heterocycles. The average Bonchev–Trinajstić information content (AvgIpc) is 2.38. The topological polar surface area (TPSA) is 173 Å². The van der Waals surface area contributed by atoms with Gasteiger partial charge in [-0.05, 0) is 29.4 Å². The van der Waals surface area contributed by atoms with E-state index in [4.69, 9.17) is 11.5 Å². The summed E-state index contributed by atoms with van der Waals surface area (Å²) in [6, 6.07) is 5.36. The molecule has 1 heterocycles. The van der Waals surface area contributed by atoms with Crippen molar-refractivity contribution in [3.63, 3.8) is 0 Å². The number of hydrogen-bond acceptors (Lipinski definition) is 8. The van der Waals surface area contributed by atoms with Gasteiger partial charge in [0.15, 0.2) is 5.82 Å². The van der Waals surface area contributed by atoms with E-state index >= 15 is 0 Å². The van der Waals surface area contributed by atoms with E-state index in [1.165, 1.54) is 24.3 Å². The lowest BCUT2D eigenvalue weighted by molar-refractivity contribution is 0.601. The highest BCUT2D eigenvalue weighted by molar-refractivity contribution is 7.92. The smallest absolute Gasteiger partial charge is 0.284 e. The number of H-pyrrole nitrogens is 1. The molecule has 0 saturated heterocycles. The summed E-state index contributed by atoms with van der Waals surface area (Å²) in [5.41, 5.74) is 9.62. The number of hydrogen-bond donors (Lipinski definition) is 4. The van der Waals surface area contributed by atoms with Gasteiger partial charge < -0.3 is 11.5 Å². The van der Waals surface area contributed by atoms with Crippen LogP contribution < -0.4 is 21.7 Å². The number of nitrogen functional groups attached to an aromatic ring is 2. The van der Waals surface area contributed by atoms with Gasteiger partial charge in [-0.3, -0.25) is 9.78 Å². The summed E-state index contributed by atoms with van der Waals surface area (Å²) in [7, 11) is -3.99. The van der Waals surface area contributed by atoms with E-state index in [-0.39, 0.29) is 4.90 Å². The maximum atomic E-state index is 12.0. The standard InChI is InChI=1S/C10H10N6O4S/c11-5-1-3-6(4-2-5)21(19,20)16-10-13-8(12)7(15-18)9(17)14-10/h1-4H,11H2,(H4,12,13,14,16,17). The van der Waals surface area contributed by atoms with Crippen LogP contribution in [0.2, 0.25) is 0 Å². The van der Waals surface area contributed by atoms with Gasteiger partial charge in [0.1, 0.15) is 0 Å². The van der Waals surface area contributed by atoms with E-state index in [1.54, 1.807) is 0 Å². The summed E-state index contributed by atoms with van der Waals surface area (Å²) in [5.74, 6) is -0.912. The van der Waals surface area contributed by atoms with Gasteiger partial charge in [0.2, 0.25) is 11.6 Å². The summed E-state index contributed by atoms with van der Waals surface area (Å²) >= 11 is 0. The van der Waals surface area contributed by atoms with Crippen LogP contribution >= 0.6 is 0 Å². The normalized spacial score (nSPS) is 11.0. The van der Waals surface area contributed by atoms with Crippen molar-refractivity contribution in [2.24, 2.45) is 5.18 Å². The number of rotatable bonds is 4. The fourth-order valence-electron chi connectivity index (χ4n) is 1.45. The molecule has 0 fully saturated rings. The maximum Gasteiger partial charge on any atom is 0.284 e. The van der Waals surface area contributed by atoms with Crippen molar-refractivity contribution in [1.29, 1.82) is 0 Å². The summed E-state index contributed by atoms with van der Waals surface area (Å²) in [6.45, 7) is 0. The molecular weight excluding hydrogens is 300 g/mol. The van der Waals surface area contributed by atoms with Crippen molar-refractivity contribution in [2.75, 3.05) is 16.2 Å². The van der Waals surface area contributed by atoms with Gasteiger partial charge in [-0.2, -0.15) is 4.98 Å². The zero-order valence-electron chi connectivity index (χ0n) is 10.4. The van der Waals surface area contributed by atoms with Crippen LogP contribution in [0.4, 0.5) is 23.1 Å². The Morgan fingerprint density at radius 2 is 1.81 bits per heavy atom. The Morgan fingerprint density at radius 1 is 1.19 bits per heavy atom. The molecule has 0 amide bonds. The molecule has 0 saturated carbocycles. The molecule has 10 nitrogen and oxygen atoms in total. The van der Waals surface area contributed by atoms with E-state index in [0.717, 1.165) is 0 Å². The van der Waals surface area contributed by atoms with Crippen molar-refractivity contribution in [2.45, 2.75) is 4.90 Å². The van der Waals surface area contributed by atoms with Gasteiger partial charge in [0, 0.05) is 5.69 Å². The van der Waals surface area contributed by atoms with E-state index in [1.807, 2.05) is 9.71 Å².